The van der Waals surface area contributed by atoms with Gasteiger partial charge in [0.15, 0.2) is 5.65 Å². The summed E-state index contributed by atoms with van der Waals surface area (Å²) < 4.78 is 15.4. The Balaban J connectivity index is 1.59. The number of amides is 2. The van der Waals surface area contributed by atoms with Gasteiger partial charge >= 0.3 is 0 Å². The second-order valence-corrected chi connectivity index (χ2v) is 7.61. The van der Waals surface area contributed by atoms with Gasteiger partial charge in [0.2, 0.25) is 5.91 Å². The lowest BCUT2D eigenvalue weighted by Gasteiger charge is -2.12. The Hall–Kier alpha value is -3.46. The summed E-state index contributed by atoms with van der Waals surface area (Å²) in [6, 6.07) is 6.60. The van der Waals surface area contributed by atoms with Crippen molar-refractivity contribution >= 4 is 52.5 Å². The number of fused-ring (bicyclic) bond motifs is 1. The van der Waals surface area contributed by atoms with Gasteiger partial charge in [-0.05, 0) is 31.1 Å². The average Bonchev–Trinajstić information content (AvgIpc) is 3.34. The number of benzene rings is 1. The summed E-state index contributed by atoms with van der Waals surface area (Å²) in [4.78, 5) is 28.0. The molecule has 8 nitrogen and oxygen atoms in total. The molecule has 3 heterocycles. The SMILES string of the molecule is O=C1CC(=Cc2cnn3c(NC4CC4)cc(Nc4cccc(F)c4Cl)nc23)C(=O)N1. The second-order valence-electron chi connectivity index (χ2n) is 7.23. The van der Waals surface area contributed by atoms with Gasteiger partial charge in [-0.15, -0.1) is 0 Å². The number of anilines is 3. The summed E-state index contributed by atoms with van der Waals surface area (Å²) >= 11 is 6.06. The van der Waals surface area contributed by atoms with Gasteiger partial charge in [-0.3, -0.25) is 14.9 Å². The maximum atomic E-state index is 13.8. The zero-order valence-electron chi connectivity index (χ0n) is 15.6. The first-order valence-corrected chi connectivity index (χ1v) is 9.77. The van der Waals surface area contributed by atoms with Crippen molar-refractivity contribution in [2.45, 2.75) is 25.3 Å². The molecule has 2 aromatic heterocycles. The van der Waals surface area contributed by atoms with Crippen molar-refractivity contribution in [2.24, 2.45) is 0 Å². The van der Waals surface area contributed by atoms with E-state index in [1.165, 1.54) is 6.07 Å². The van der Waals surface area contributed by atoms with Crippen LogP contribution in [0, 0.1) is 5.82 Å². The molecule has 10 heteroatoms. The van der Waals surface area contributed by atoms with Gasteiger partial charge in [0.1, 0.15) is 17.5 Å². The highest BCUT2D eigenvalue weighted by Gasteiger charge is 2.26. The Morgan fingerprint density at radius 3 is 2.87 bits per heavy atom. The molecule has 0 radical (unpaired) electrons. The van der Waals surface area contributed by atoms with E-state index in [4.69, 9.17) is 11.6 Å². The summed E-state index contributed by atoms with van der Waals surface area (Å²) in [7, 11) is 0. The number of hydrogen-bond donors (Lipinski definition) is 3. The molecule has 2 aliphatic rings. The highest BCUT2D eigenvalue weighted by molar-refractivity contribution is 6.33. The number of nitrogens with one attached hydrogen (secondary N) is 3. The van der Waals surface area contributed by atoms with Crippen molar-refractivity contribution in [3.05, 3.63) is 52.4 Å². The van der Waals surface area contributed by atoms with Crippen molar-refractivity contribution in [3.63, 3.8) is 0 Å². The summed E-state index contributed by atoms with van der Waals surface area (Å²) in [6.07, 6.45) is 5.32. The molecular weight excluding hydrogens is 411 g/mol. The maximum absolute atomic E-state index is 13.8. The molecule has 30 heavy (non-hydrogen) atoms. The van der Waals surface area contributed by atoms with E-state index in [0.29, 0.717) is 40.1 Å². The molecule has 1 saturated heterocycles. The molecule has 152 valence electrons. The molecule has 1 saturated carbocycles. The minimum Gasteiger partial charge on any atom is -0.367 e. The predicted molar refractivity (Wildman–Crippen MR) is 110 cm³/mol. The summed E-state index contributed by atoms with van der Waals surface area (Å²) in [5.74, 6) is -0.156. The number of hydrogen-bond acceptors (Lipinski definition) is 6. The largest absolute Gasteiger partial charge is 0.367 e. The Kier molecular flexibility index (Phi) is 4.39. The lowest BCUT2D eigenvalue weighted by atomic mass is 10.1. The van der Waals surface area contributed by atoms with Crippen molar-refractivity contribution in [3.8, 4) is 0 Å². The van der Waals surface area contributed by atoms with Gasteiger partial charge in [0.25, 0.3) is 5.91 Å². The summed E-state index contributed by atoms with van der Waals surface area (Å²) in [6.45, 7) is 0. The van der Waals surface area contributed by atoms with E-state index >= 15 is 0 Å². The Morgan fingerprint density at radius 1 is 1.30 bits per heavy atom. The molecule has 0 atom stereocenters. The van der Waals surface area contributed by atoms with Gasteiger partial charge in [-0.2, -0.15) is 9.61 Å². The third-order valence-corrected chi connectivity index (χ3v) is 5.25. The van der Waals surface area contributed by atoms with Crippen molar-refractivity contribution in [2.75, 3.05) is 10.6 Å². The van der Waals surface area contributed by atoms with Gasteiger partial charge < -0.3 is 10.6 Å². The monoisotopic (exact) mass is 426 g/mol. The van der Waals surface area contributed by atoms with Crippen LogP contribution >= 0.6 is 11.6 Å². The highest BCUT2D eigenvalue weighted by Crippen LogP contribution is 2.31. The topological polar surface area (TPSA) is 100 Å². The molecule has 0 spiro atoms. The molecule has 1 aromatic carbocycles. The number of halogens is 2. The van der Waals surface area contributed by atoms with Gasteiger partial charge in [0.05, 0.1) is 23.3 Å². The van der Waals surface area contributed by atoms with Crippen LogP contribution in [-0.2, 0) is 9.59 Å². The molecule has 1 aliphatic heterocycles. The second kappa shape index (κ2) is 7.10. The van der Waals surface area contributed by atoms with Crippen LogP contribution in [-0.4, -0.2) is 32.5 Å². The molecule has 0 unspecified atom stereocenters. The Bertz CT molecular complexity index is 1230. The Morgan fingerprint density at radius 2 is 2.13 bits per heavy atom. The van der Waals surface area contributed by atoms with Gasteiger partial charge in [0, 0.05) is 23.2 Å². The molecule has 2 fully saturated rings. The first-order chi connectivity index (χ1) is 14.5. The van der Waals surface area contributed by atoms with E-state index in [2.05, 4.69) is 26.0 Å². The molecule has 2 amide bonds. The van der Waals surface area contributed by atoms with Crippen molar-refractivity contribution in [1.82, 2.24) is 19.9 Å². The number of imide groups is 1. The highest BCUT2D eigenvalue weighted by atomic mass is 35.5. The molecule has 3 N–H and O–H groups in total. The van der Waals surface area contributed by atoms with Crippen molar-refractivity contribution < 1.29 is 14.0 Å². The molecule has 1 aliphatic carbocycles. The van der Waals surface area contributed by atoms with Crippen molar-refractivity contribution in [1.29, 1.82) is 0 Å². The average molecular weight is 427 g/mol. The lowest BCUT2D eigenvalue weighted by Crippen LogP contribution is -2.19. The van der Waals surface area contributed by atoms with E-state index in [0.717, 1.165) is 12.8 Å². The van der Waals surface area contributed by atoms with E-state index < -0.39 is 11.7 Å². The predicted octanol–water partition coefficient (Wildman–Crippen LogP) is 3.27. The third-order valence-electron chi connectivity index (χ3n) is 4.87. The van der Waals surface area contributed by atoms with Crippen LogP contribution in [0.3, 0.4) is 0 Å². The number of rotatable bonds is 5. The number of nitrogens with zero attached hydrogens (tertiary/aromatic N) is 3. The zero-order valence-corrected chi connectivity index (χ0v) is 16.3. The summed E-state index contributed by atoms with van der Waals surface area (Å²) in [5, 5.41) is 13.0. The van der Waals surface area contributed by atoms with Crippen LogP contribution in [0.5, 0.6) is 0 Å². The molecule has 5 rings (SSSR count). The number of aromatic nitrogens is 3. The van der Waals surface area contributed by atoms with E-state index in [1.807, 2.05) is 0 Å². The van der Waals surface area contributed by atoms with Crippen LogP contribution in [0.4, 0.5) is 21.7 Å². The van der Waals surface area contributed by atoms with Crippen LogP contribution in [0.25, 0.3) is 11.7 Å². The fourth-order valence-electron chi connectivity index (χ4n) is 3.23. The minimum absolute atomic E-state index is 0.0141. The van der Waals surface area contributed by atoms with Crippen LogP contribution in [0.1, 0.15) is 24.8 Å². The lowest BCUT2D eigenvalue weighted by molar-refractivity contribution is -0.124. The maximum Gasteiger partial charge on any atom is 0.254 e. The van der Waals surface area contributed by atoms with E-state index in [-0.39, 0.29) is 17.4 Å². The smallest absolute Gasteiger partial charge is 0.254 e. The van der Waals surface area contributed by atoms with Gasteiger partial charge in [-0.25, -0.2) is 9.37 Å². The summed E-state index contributed by atoms with van der Waals surface area (Å²) in [5.41, 5.74) is 1.80. The van der Waals surface area contributed by atoms with E-state index in [9.17, 15) is 14.0 Å². The third kappa shape index (κ3) is 3.48. The molecule has 0 bridgehead atoms. The van der Waals surface area contributed by atoms with Crippen LogP contribution in [0.2, 0.25) is 5.02 Å². The van der Waals surface area contributed by atoms with Crippen LogP contribution in [0.15, 0.2) is 36.0 Å². The fraction of sp³-hybridized carbons (Fsp3) is 0.200. The first-order valence-electron chi connectivity index (χ1n) is 9.39. The van der Waals surface area contributed by atoms with Crippen LogP contribution < -0.4 is 16.0 Å². The van der Waals surface area contributed by atoms with Gasteiger partial charge in [-0.1, -0.05) is 17.7 Å². The number of carbonyl (C=O) groups is 2. The Labute approximate surface area is 175 Å². The zero-order chi connectivity index (χ0) is 20.8. The molecule has 3 aromatic rings. The molecular formula is C20H16ClFN6O2. The minimum atomic E-state index is -0.536. The quantitative estimate of drug-likeness (QED) is 0.427. The first kappa shape index (κ1) is 18.6. The number of carbonyl (C=O) groups excluding carboxylic acids is 2. The normalized spacial score (nSPS) is 17.6. The van der Waals surface area contributed by atoms with E-state index in [1.54, 1.807) is 35.0 Å². The fourth-order valence-corrected chi connectivity index (χ4v) is 3.41. The standard InChI is InChI=1S/C20H16ClFN6O2/c21-18-13(22)2-1-3-14(18)25-15-8-16(24-12-4-5-12)28-19(26-15)11(9-23-28)6-10-7-17(29)27-20(10)30/h1-3,6,8-9,12,24H,4-5,7H2,(H,25,26)(H,27,29,30).